The molecule has 132 valence electrons. The van der Waals surface area contributed by atoms with Crippen molar-refractivity contribution in [3.63, 3.8) is 0 Å². The number of ether oxygens (including phenoxy) is 3. The standard InChI is InChI=1S/C19H21NO4S/c21-19(18-17-16(13-25-18)23-10-11-24-17)20-8-9-22-15(12-20)7-6-14-4-2-1-3-5-14/h1-5,13,15H,6-12H2. The van der Waals surface area contributed by atoms with Crippen molar-refractivity contribution in [1.29, 1.82) is 0 Å². The minimum Gasteiger partial charge on any atom is -0.485 e. The van der Waals surface area contributed by atoms with Crippen LogP contribution in [0, 0.1) is 0 Å². The van der Waals surface area contributed by atoms with Crippen LogP contribution in [0.1, 0.15) is 21.7 Å². The van der Waals surface area contributed by atoms with E-state index in [-0.39, 0.29) is 12.0 Å². The lowest BCUT2D eigenvalue weighted by molar-refractivity contribution is -0.0245. The highest BCUT2D eigenvalue weighted by Crippen LogP contribution is 2.40. The molecule has 2 aromatic rings. The molecular formula is C19H21NO4S. The number of hydrogen-bond donors (Lipinski definition) is 0. The fourth-order valence-electron chi connectivity index (χ4n) is 3.20. The van der Waals surface area contributed by atoms with E-state index in [1.54, 1.807) is 0 Å². The first-order valence-corrected chi connectivity index (χ1v) is 9.51. The van der Waals surface area contributed by atoms with Gasteiger partial charge in [-0.3, -0.25) is 4.79 Å². The van der Waals surface area contributed by atoms with Crippen LogP contribution in [-0.4, -0.2) is 49.8 Å². The number of carbonyl (C=O) groups excluding carboxylic acids is 1. The van der Waals surface area contributed by atoms with Crippen LogP contribution in [0.4, 0.5) is 0 Å². The summed E-state index contributed by atoms with van der Waals surface area (Å²) in [5, 5.41) is 1.86. The van der Waals surface area contributed by atoms with Crippen molar-refractivity contribution in [1.82, 2.24) is 4.90 Å². The van der Waals surface area contributed by atoms with E-state index in [2.05, 4.69) is 24.3 Å². The van der Waals surface area contributed by atoms with Crippen LogP contribution in [0.3, 0.4) is 0 Å². The Morgan fingerprint density at radius 3 is 2.88 bits per heavy atom. The molecule has 1 saturated heterocycles. The predicted molar refractivity (Wildman–Crippen MR) is 95.7 cm³/mol. The largest absolute Gasteiger partial charge is 0.485 e. The average molecular weight is 359 g/mol. The van der Waals surface area contributed by atoms with Crippen LogP contribution in [0.15, 0.2) is 35.7 Å². The minimum absolute atomic E-state index is 0.0183. The summed E-state index contributed by atoms with van der Waals surface area (Å²) in [5.74, 6) is 1.31. The Morgan fingerprint density at radius 2 is 2.00 bits per heavy atom. The topological polar surface area (TPSA) is 48.0 Å². The van der Waals surface area contributed by atoms with Gasteiger partial charge >= 0.3 is 0 Å². The predicted octanol–water partition coefficient (Wildman–Crippen LogP) is 2.99. The van der Waals surface area contributed by atoms with Crippen molar-refractivity contribution in [2.75, 3.05) is 32.9 Å². The van der Waals surface area contributed by atoms with E-state index in [0.717, 1.165) is 12.8 Å². The number of nitrogens with zero attached hydrogens (tertiary/aromatic N) is 1. The molecule has 2 aliphatic heterocycles. The van der Waals surface area contributed by atoms with Crippen LogP contribution in [0.25, 0.3) is 0 Å². The molecule has 0 spiro atoms. The van der Waals surface area contributed by atoms with E-state index in [4.69, 9.17) is 14.2 Å². The van der Waals surface area contributed by atoms with Gasteiger partial charge in [0.1, 0.15) is 18.1 Å². The van der Waals surface area contributed by atoms with E-state index in [0.29, 0.717) is 49.3 Å². The van der Waals surface area contributed by atoms with Crippen LogP contribution in [-0.2, 0) is 11.2 Å². The fourth-order valence-corrected chi connectivity index (χ4v) is 4.10. The van der Waals surface area contributed by atoms with Gasteiger partial charge in [0, 0.05) is 18.5 Å². The Bertz CT molecular complexity index is 730. The van der Waals surface area contributed by atoms with Crippen molar-refractivity contribution >= 4 is 17.2 Å². The third kappa shape index (κ3) is 3.65. The first-order valence-electron chi connectivity index (χ1n) is 8.63. The number of fused-ring (bicyclic) bond motifs is 1. The Kier molecular flexibility index (Phi) is 4.90. The van der Waals surface area contributed by atoms with Gasteiger partial charge in [-0.2, -0.15) is 0 Å². The summed E-state index contributed by atoms with van der Waals surface area (Å²) < 4.78 is 17.0. The number of hydrogen-bond acceptors (Lipinski definition) is 5. The molecular weight excluding hydrogens is 338 g/mol. The quantitative estimate of drug-likeness (QED) is 0.842. The summed E-state index contributed by atoms with van der Waals surface area (Å²) in [4.78, 5) is 15.4. The van der Waals surface area contributed by atoms with Crippen molar-refractivity contribution in [3.8, 4) is 11.5 Å². The Morgan fingerprint density at radius 1 is 1.16 bits per heavy atom. The van der Waals surface area contributed by atoms with Crippen LogP contribution < -0.4 is 9.47 Å². The Balaban J connectivity index is 1.39. The van der Waals surface area contributed by atoms with Gasteiger partial charge in [-0.05, 0) is 18.4 Å². The molecule has 0 N–H and O–H groups in total. The molecule has 5 nitrogen and oxygen atoms in total. The molecule has 1 aromatic carbocycles. The summed E-state index contributed by atoms with van der Waals surface area (Å²) in [6, 6.07) is 10.4. The third-order valence-electron chi connectivity index (χ3n) is 4.52. The van der Waals surface area contributed by atoms with Gasteiger partial charge in [-0.1, -0.05) is 30.3 Å². The number of aryl methyl sites for hydroxylation is 1. The molecule has 6 heteroatoms. The molecule has 1 fully saturated rings. The van der Waals surface area contributed by atoms with Crippen molar-refractivity contribution < 1.29 is 19.0 Å². The number of amides is 1. The van der Waals surface area contributed by atoms with Crippen LogP contribution in [0.5, 0.6) is 11.5 Å². The lowest BCUT2D eigenvalue weighted by Gasteiger charge is -2.33. The lowest BCUT2D eigenvalue weighted by atomic mass is 10.1. The highest BCUT2D eigenvalue weighted by Gasteiger charge is 2.30. The normalized spacial score (nSPS) is 19.7. The first-order chi connectivity index (χ1) is 12.3. The van der Waals surface area contributed by atoms with E-state index in [1.165, 1.54) is 16.9 Å². The lowest BCUT2D eigenvalue weighted by Crippen LogP contribution is -2.45. The summed E-state index contributed by atoms with van der Waals surface area (Å²) in [7, 11) is 0. The Labute approximate surface area is 151 Å². The molecule has 25 heavy (non-hydrogen) atoms. The highest BCUT2D eigenvalue weighted by atomic mass is 32.1. The van der Waals surface area contributed by atoms with Crippen LogP contribution >= 0.6 is 11.3 Å². The number of rotatable bonds is 4. The molecule has 1 amide bonds. The van der Waals surface area contributed by atoms with Gasteiger partial charge in [0.15, 0.2) is 11.5 Å². The monoisotopic (exact) mass is 359 g/mol. The van der Waals surface area contributed by atoms with Crippen molar-refractivity contribution in [3.05, 3.63) is 46.2 Å². The van der Waals surface area contributed by atoms with Gasteiger partial charge in [0.2, 0.25) is 0 Å². The van der Waals surface area contributed by atoms with E-state index < -0.39 is 0 Å². The zero-order valence-corrected chi connectivity index (χ0v) is 14.8. The average Bonchev–Trinajstić information content (AvgIpc) is 3.11. The molecule has 4 rings (SSSR count). The molecule has 2 aliphatic rings. The minimum atomic E-state index is 0.0183. The molecule has 1 unspecified atom stereocenters. The Hall–Kier alpha value is -2.05. The molecule has 1 aromatic heterocycles. The summed E-state index contributed by atoms with van der Waals surface area (Å²) in [5.41, 5.74) is 1.30. The number of benzene rings is 1. The second-order valence-electron chi connectivity index (χ2n) is 6.22. The maximum atomic E-state index is 12.9. The van der Waals surface area contributed by atoms with Crippen molar-refractivity contribution in [2.45, 2.75) is 18.9 Å². The summed E-state index contributed by atoms with van der Waals surface area (Å²) >= 11 is 1.40. The third-order valence-corrected chi connectivity index (χ3v) is 5.45. The summed E-state index contributed by atoms with van der Waals surface area (Å²) in [6.07, 6.45) is 1.94. The molecule has 3 heterocycles. The second kappa shape index (κ2) is 7.45. The smallest absolute Gasteiger partial charge is 0.268 e. The number of carbonyl (C=O) groups is 1. The fraction of sp³-hybridized carbons (Fsp3) is 0.421. The maximum Gasteiger partial charge on any atom is 0.268 e. The van der Waals surface area contributed by atoms with Gasteiger partial charge in [-0.15, -0.1) is 11.3 Å². The van der Waals surface area contributed by atoms with Crippen molar-refractivity contribution in [2.24, 2.45) is 0 Å². The van der Waals surface area contributed by atoms with Gasteiger partial charge in [0.25, 0.3) is 5.91 Å². The van der Waals surface area contributed by atoms with E-state index >= 15 is 0 Å². The molecule has 0 saturated carbocycles. The molecule has 0 radical (unpaired) electrons. The van der Waals surface area contributed by atoms with Crippen LogP contribution in [0.2, 0.25) is 0 Å². The molecule has 0 aliphatic carbocycles. The van der Waals surface area contributed by atoms with E-state index in [1.807, 2.05) is 16.3 Å². The summed E-state index contributed by atoms with van der Waals surface area (Å²) in [6.45, 7) is 2.85. The number of morpholine rings is 1. The molecule has 0 bridgehead atoms. The highest BCUT2D eigenvalue weighted by molar-refractivity contribution is 7.12. The maximum absolute atomic E-state index is 12.9. The van der Waals surface area contributed by atoms with Gasteiger partial charge in [-0.25, -0.2) is 0 Å². The van der Waals surface area contributed by atoms with E-state index in [9.17, 15) is 4.79 Å². The SMILES string of the molecule is O=C(c1scc2c1OCCO2)N1CCOC(CCc2ccccc2)C1. The van der Waals surface area contributed by atoms with Gasteiger partial charge < -0.3 is 19.1 Å². The number of thiophene rings is 1. The first kappa shape index (κ1) is 16.4. The zero-order valence-electron chi connectivity index (χ0n) is 14.0. The second-order valence-corrected chi connectivity index (χ2v) is 7.10. The molecule has 1 atom stereocenters. The zero-order chi connectivity index (χ0) is 17.1. The van der Waals surface area contributed by atoms with Gasteiger partial charge in [0.05, 0.1) is 12.7 Å².